The van der Waals surface area contributed by atoms with Crippen molar-refractivity contribution < 1.29 is 4.79 Å². The van der Waals surface area contributed by atoms with Gasteiger partial charge in [0.15, 0.2) is 5.78 Å². The van der Waals surface area contributed by atoms with Crippen LogP contribution in [-0.4, -0.2) is 10.8 Å². The van der Waals surface area contributed by atoms with E-state index in [1.807, 2.05) is 30.5 Å². The van der Waals surface area contributed by atoms with E-state index in [4.69, 9.17) is 0 Å². The molecule has 1 N–H and O–H groups in total. The van der Waals surface area contributed by atoms with Gasteiger partial charge in [0.05, 0.1) is 23.4 Å². The number of nitrogens with zero attached hydrogens (tertiary/aromatic N) is 1. The molecule has 26 heavy (non-hydrogen) atoms. The minimum absolute atomic E-state index is 0.0189. The molecular weight excluding hydrogens is 340 g/mol. The molecule has 0 saturated heterocycles. The predicted octanol–water partition coefficient (Wildman–Crippen LogP) is 5.61. The number of aromatic nitrogens is 1. The molecule has 0 fully saturated rings. The molecule has 1 aromatic carbocycles. The van der Waals surface area contributed by atoms with Gasteiger partial charge in [-0.3, -0.25) is 9.78 Å². The molecule has 1 atom stereocenters. The molecule has 3 heterocycles. The van der Waals surface area contributed by atoms with E-state index in [9.17, 15) is 4.79 Å². The number of anilines is 1. The lowest BCUT2D eigenvalue weighted by Gasteiger charge is -2.39. The van der Waals surface area contributed by atoms with E-state index >= 15 is 0 Å². The van der Waals surface area contributed by atoms with Gasteiger partial charge in [0.1, 0.15) is 0 Å². The van der Waals surface area contributed by atoms with Gasteiger partial charge in [-0.15, -0.1) is 11.3 Å². The Morgan fingerprint density at radius 3 is 2.81 bits per heavy atom. The first-order valence-corrected chi connectivity index (χ1v) is 9.86. The highest BCUT2D eigenvalue weighted by Crippen LogP contribution is 2.52. The average molecular weight is 360 g/mol. The van der Waals surface area contributed by atoms with Crippen LogP contribution in [0, 0.1) is 5.41 Å². The van der Waals surface area contributed by atoms with E-state index in [1.165, 1.54) is 16.0 Å². The van der Waals surface area contributed by atoms with Gasteiger partial charge >= 0.3 is 0 Å². The summed E-state index contributed by atoms with van der Waals surface area (Å²) in [7, 11) is 0. The monoisotopic (exact) mass is 360 g/mol. The van der Waals surface area contributed by atoms with Crippen molar-refractivity contribution in [3.8, 4) is 0 Å². The van der Waals surface area contributed by atoms with Crippen molar-refractivity contribution in [2.45, 2.75) is 32.7 Å². The van der Waals surface area contributed by atoms with Gasteiger partial charge in [-0.25, -0.2) is 0 Å². The van der Waals surface area contributed by atoms with Gasteiger partial charge in [-0.05, 0) is 34.9 Å². The number of thiophene rings is 1. The summed E-state index contributed by atoms with van der Waals surface area (Å²) in [6.07, 6.45) is 3.44. The number of Topliss-reactive ketones (excluding diaryl/α,β-unsaturated/α-hetero) is 1. The first kappa shape index (κ1) is 15.8. The van der Waals surface area contributed by atoms with Crippen LogP contribution in [0.15, 0.2) is 53.5 Å². The van der Waals surface area contributed by atoms with Crippen LogP contribution in [0.2, 0.25) is 0 Å². The Morgan fingerprint density at radius 1 is 1.15 bits per heavy atom. The summed E-state index contributed by atoms with van der Waals surface area (Å²) < 4.78 is 0. The van der Waals surface area contributed by atoms with E-state index in [-0.39, 0.29) is 17.2 Å². The molecule has 0 spiro atoms. The van der Waals surface area contributed by atoms with Gasteiger partial charge in [0.25, 0.3) is 0 Å². The van der Waals surface area contributed by atoms with Crippen molar-refractivity contribution in [2.75, 3.05) is 5.32 Å². The quantitative estimate of drug-likeness (QED) is 0.614. The Hall–Kier alpha value is -2.46. The highest BCUT2D eigenvalue weighted by molar-refractivity contribution is 7.10. The van der Waals surface area contributed by atoms with Crippen LogP contribution in [0.3, 0.4) is 0 Å². The summed E-state index contributed by atoms with van der Waals surface area (Å²) >= 11 is 1.70. The van der Waals surface area contributed by atoms with Crippen molar-refractivity contribution in [1.29, 1.82) is 0 Å². The number of hydrogen-bond acceptors (Lipinski definition) is 4. The zero-order valence-electron chi connectivity index (χ0n) is 14.9. The Labute approximate surface area is 156 Å². The van der Waals surface area contributed by atoms with E-state index < -0.39 is 0 Å². The summed E-state index contributed by atoms with van der Waals surface area (Å²) in [5.74, 6) is 0.272. The number of carbonyl (C=O) groups excluding carboxylic acids is 1. The molecule has 1 unspecified atom stereocenters. The fraction of sp³-hybridized carbons (Fsp3) is 0.273. The summed E-state index contributed by atoms with van der Waals surface area (Å²) in [5, 5.41) is 6.81. The molecule has 3 aromatic rings. The number of pyridine rings is 1. The third-order valence-corrected chi connectivity index (χ3v) is 6.35. The van der Waals surface area contributed by atoms with E-state index in [0.29, 0.717) is 6.42 Å². The maximum atomic E-state index is 13.2. The first-order chi connectivity index (χ1) is 12.5. The molecule has 0 amide bonds. The number of benzene rings is 1. The third-order valence-electron chi connectivity index (χ3n) is 5.41. The molecule has 130 valence electrons. The summed E-state index contributed by atoms with van der Waals surface area (Å²) in [6.45, 7) is 4.39. The number of fused-ring (bicyclic) bond motifs is 4. The van der Waals surface area contributed by atoms with Crippen LogP contribution in [0.25, 0.3) is 16.5 Å². The van der Waals surface area contributed by atoms with Gasteiger partial charge < -0.3 is 5.32 Å². The van der Waals surface area contributed by atoms with Gasteiger partial charge in [0, 0.05) is 27.8 Å². The lowest BCUT2D eigenvalue weighted by atomic mass is 9.68. The largest absolute Gasteiger partial charge is 0.371 e. The van der Waals surface area contributed by atoms with E-state index in [2.05, 4.69) is 41.7 Å². The van der Waals surface area contributed by atoms with Crippen molar-refractivity contribution in [3.63, 3.8) is 0 Å². The maximum Gasteiger partial charge on any atom is 0.162 e. The van der Waals surface area contributed by atoms with Crippen LogP contribution in [-0.2, 0) is 4.79 Å². The molecular formula is C22H20N2OS. The molecule has 0 saturated carbocycles. The maximum absolute atomic E-state index is 13.2. The predicted molar refractivity (Wildman–Crippen MR) is 107 cm³/mol. The lowest BCUT2D eigenvalue weighted by molar-refractivity contribution is -0.118. The van der Waals surface area contributed by atoms with Crippen LogP contribution >= 0.6 is 11.3 Å². The summed E-state index contributed by atoms with van der Waals surface area (Å²) in [4.78, 5) is 19.0. The molecule has 3 nitrogen and oxygen atoms in total. The smallest absolute Gasteiger partial charge is 0.162 e. The number of ketones is 1. The number of allylic oxidation sites excluding steroid dienone is 1. The summed E-state index contributed by atoms with van der Waals surface area (Å²) in [6, 6.07) is 12.3. The Bertz CT molecular complexity index is 1060. The third kappa shape index (κ3) is 2.32. The zero-order valence-corrected chi connectivity index (χ0v) is 15.7. The number of nitrogens with one attached hydrogen (secondary N) is 1. The van der Waals surface area contributed by atoms with Crippen LogP contribution in [0.4, 0.5) is 5.69 Å². The lowest BCUT2D eigenvalue weighted by Crippen LogP contribution is -2.32. The number of carbonyl (C=O) groups is 1. The van der Waals surface area contributed by atoms with Crippen LogP contribution in [0.1, 0.15) is 43.2 Å². The second kappa shape index (κ2) is 5.52. The Kier molecular flexibility index (Phi) is 3.35. The fourth-order valence-corrected chi connectivity index (χ4v) is 5.15. The first-order valence-electron chi connectivity index (χ1n) is 8.98. The SMILES string of the molecule is CC1(C)CC(=O)C2=C(C1)c1c(cnc3ccccc13)NC2c1cccs1. The van der Waals surface area contributed by atoms with Crippen LogP contribution < -0.4 is 5.32 Å². The highest BCUT2D eigenvalue weighted by atomic mass is 32.1. The van der Waals surface area contributed by atoms with Gasteiger partial charge in [0.2, 0.25) is 0 Å². The number of hydrogen-bond donors (Lipinski definition) is 1. The van der Waals surface area contributed by atoms with Gasteiger partial charge in [-0.2, -0.15) is 0 Å². The molecule has 4 heteroatoms. The highest BCUT2D eigenvalue weighted by Gasteiger charge is 2.41. The molecule has 2 aliphatic rings. The van der Waals surface area contributed by atoms with Crippen molar-refractivity contribution >= 4 is 39.3 Å². The standard InChI is InChI=1S/C22H20N2OS/c1-22(2)10-14-19-13-6-3-4-7-15(13)23-12-16(19)24-21(18-8-5-9-26-18)20(14)17(25)11-22/h3-9,12,21,24H,10-11H2,1-2H3. The fourth-order valence-electron chi connectivity index (χ4n) is 4.37. The molecule has 2 aromatic heterocycles. The average Bonchev–Trinajstić information content (AvgIpc) is 3.14. The molecule has 0 radical (unpaired) electrons. The number of para-hydroxylation sites is 1. The minimum Gasteiger partial charge on any atom is -0.371 e. The summed E-state index contributed by atoms with van der Waals surface area (Å²) in [5.41, 5.74) is 5.32. The van der Waals surface area contributed by atoms with Crippen molar-refractivity contribution in [2.24, 2.45) is 5.41 Å². The Balaban J connectivity index is 1.83. The second-order valence-corrected chi connectivity index (χ2v) is 8.97. The van der Waals surface area contributed by atoms with E-state index in [1.54, 1.807) is 11.3 Å². The Morgan fingerprint density at radius 2 is 2.00 bits per heavy atom. The van der Waals surface area contributed by atoms with Gasteiger partial charge in [-0.1, -0.05) is 38.1 Å². The van der Waals surface area contributed by atoms with Crippen LogP contribution in [0.5, 0.6) is 0 Å². The zero-order chi connectivity index (χ0) is 17.9. The van der Waals surface area contributed by atoms with Crippen molar-refractivity contribution in [1.82, 2.24) is 4.98 Å². The molecule has 5 rings (SSSR count). The second-order valence-electron chi connectivity index (χ2n) is 7.99. The normalized spacial score (nSPS) is 21.3. The topological polar surface area (TPSA) is 42.0 Å². The molecule has 1 aliphatic heterocycles. The van der Waals surface area contributed by atoms with E-state index in [0.717, 1.165) is 28.6 Å². The number of rotatable bonds is 1. The molecule has 0 bridgehead atoms. The minimum atomic E-state index is -0.0657. The molecule has 1 aliphatic carbocycles. The van der Waals surface area contributed by atoms with Crippen molar-refractivity contribution in [3.05, 3.63) is 64.0 Å².